The molecular formula is C41H43F4N7O4. The van der Waals surface area contributed by atoms with Gasteiger partial charge in [-0.1, -0.05) is 30.3 Å². The molecule has 2 unspecified atom stereocenters. The first kappa shape index (κ1) is 35.9. The van der Waals surface area contributed by atoms with Crippen molar-refractivity contribution in [2.45, 2.75) is 61.6 Å². The molecule has 11 nitrogen and oxygen atoms in total. The first-order chi connectivity index (χ1) is 27.2. The molecule has 2 aromatic heterocycles. The maximum atomic E-state index is 17.0. The van der Waals surface area contributed by atoms with Gasteiger partial charge in [0.1, 0.15) is 35.3 Å². The standard InChI is InChI=1S/C41H43F4N7O4/c42-26-16-40(11-3-13-51(40)18-26)24-55-39-47-37-30(17-46-36(35(37)45)29-5-1-4-25-7-10-31(43)34(44)33(25)29)38(48-39)50-14-15-52(41(21-50)22-54-23-41)32(53)6-2-12-49-19-27-8-9-28(20-49)56-27/h1-2,4-7,10,17,26-28H,3,8-9,11-16,18-24H2/b6-2+/t26-,27?,28?,40+/m1/s1. The van der Waals surface area contributed by atoms with Gasteiger partial charge >= 0.3 is 6.01 Å². The van der Waals surface area contributed by atoms with E-state index in [2.05, 4.69) is 19.8 Å². The molecule has 0 radical (unpaired) electrons. The summed E-state index contributed by atoms with van der Waals surface area (Å²) in [4.78, 5) is 35.9. The highest BCUT2D eigenvalue weighted by molar-refractivity contribution is 5.99. The van der Waals surface area contributed by atoms with Crippen molar-refractivity contribution < 1.29 is 36.6 Å². The number of fused-ring (bicyclic) bond motifs is 5. The Morgan fingerprint density at radius 1 is 1.00 bits per heavy atom. The number of piperazine rings is 1. The number of rotatable bonds is 8. The Morgan fingerprint density at radius 2 is 1.84 bits per heavy atom. The van der Waals surface area contributed by atoms with Crippen molar-refractivity contribution in [3.8, 4) is 17.3 Å². The summed E-state index contributed by atoms with van der Waals surface area (Å²) in [6.45, 7) is 5.39. The number of alkyl halides is 1. The number of benzene rings is 2. The second-order valence-corrected chi connectivity index (χ2v) is 16.3. The van der Waals surface area contributed by atoms with Gasteiger partial charge in [-0.2, -0.15) is 9.97 Å². The SMILES string of the molecule is O=C(/C=C/CN1CC2CCC(C1)O2)N1CCN(c2nc(OC[C@@]34CCCN3C[C@H](F)C4)nc3c(F)c(-c4cccc5ccc(F)c(F)c45)ncc23)CC12COC2. The number of aromatic nitrogens is 3. The van der Waals surface area contributed by atoms with Crippen LogP contribution in [0.4, 0.5) is 23.4 Å². The molecule has 0 saturated carbocycles. The predicted molar refractivity (Wildman–Crippen MR) is 200 cm³/mol. The maximum absolute atomic E-state index is 17.0. The molecular weight excluding hydrogens is 730 g/mol. The molecule has 8 heterocycles. The van der Waals surface area contributed by atoms with Crippen LogP contribution in [0.2, 0.25) is 0 Å². The van der Waals surface area contributed by atoms with E-state index in [0.717, 1.165) is 51.4 Å². The summed E-state index contributed by atoms with van der Waals surface area (Å²) in [5, 5.41) is 0.595. The summed E-state index contributed by atoms with van der Waals surface area (Å²) in [7, 11) is 0. The van der Waals surface area contributed by atoms with Crippen LogP contribution in [0.3, 0.4) is 0 Å². The predicted octanol–water partition coefficient (Wildman–Crippen LogP) is 5.05. The zero-order chi connectivity index (χ0) is 38.2. The minimum Gasteiger partial charge on any atom is -0.461 e. The second kappa shape index (κ2) is 13.9. The molecule has 0 N–H and O–H groups in total. The molecule has 1 amide bonds. The largest absolute Gasteiger partial charge is 0.461 e. The highest BCUT2D eigenvalue weighted by Crippen LogP contribution is 2.42. The first-order valence-corrected chi connectivity index (χ1v) is 19.6. The Morgan fingerprint density at radius 3 is 2.64 bits per heavy atom. The Balaban J connectivity index is 0.978. The summed E-state index contributed by atoms with van der Waals surface area (Å²) in [6, 6.07) is 7.14. The lowest BCUT2D eigenvalue weighted by Crippen LogP contribution is -2.72. The van der Waals surface area contributed by atoms with E-state index in [0.29, 0.717) is 68.9 Å². The number of hydrogen-bond donors (Lipinski definition) is 0. The van der Waals surface area contributed by atoms with E-state index in [4.69, 9.17) is 19.2 Å². The molecule has 56 heavy (non-hydrogen) atoms. The van der Waals surface area contributed by atoms with E-state index in [1.807, 2.05) is 15.9 Å². The molecule has 4 aromatic rings. The summed E-state index contributed by atoms with van der Waals surface area (Å²) >= 11 is 0. The molecule has 2 aromatic carbocycles. The zero-order valence-electron chi connectivity index (χ0n) is 30.9. The smallest absolute Gasteiger partial charge is 0.319 e. The van der Waals surface area contributed by atoms with Crippen LogP contribution in [0, 0.1) is 17.5 Å². The van der Waals surface area contributed by atoms with E-state index in [-0.39, 0.29) is 52.9 Å². The Labute approximate surface area is 321 Å². The molecule has 2 bridgehead atoms. The lowest BCUT2D eigenvalue weighted by molar-refractivity contribution is -0.164. The quantitative estimate of drug-likeness (QED) is 0.179. The van der Waals surface area contributed by atoms with Crippen molar-refractivity contribution in [2.24, 2.45) is 0 Å². The molecule has 294 valence electrons. The Kier molecular flexibility index (Phi) is 8.91. The van der Waals surface area contributed by atoms with Gasteiger partial charge in [-0.05, 0) is 43.7 Å². The number of amides is 1. The lowest BCUT2D eigenvalue weighted by Gasteiger charge is -2.55. The Bertz CT molecular complexity index is 2230. The van der Waals surface area contributed by atoms with Gasteiger partial charge < -0.3 is 24.0 Å². The van der Waals surface area contributed by atoms with Crippen molar-refractivity contribution in [1.82, 2.24) is 29.7 Å². The van der Waals surface area contributed by atoms with Gasteiger partial charge in [0.2, 0.25) is 5.91 Å². The van der Waals surface area contributed by atoms with Crippen LogP contribution in [0.25, 0.3) is 32.9 Å². The molecule has 6 fully saturated rings. The maximum Gasteiger partial charge on any atom is 0.319 e. The van der Waals surface area contributed by atoms with Crippen molar-refractivity contribution in [1.29, 1.82) is 0 Å². The Hall–Kier alpha value is -4.44. The van der Waals surface area contributed by atoms with E-state index in [1.165, 1.54) is 18.3 Å². The number of pyridine rings is 1. The number of carbonyl (C=O) groups excluding carboxylic acids is 1. The van der Waals surface area contributed by atoms with Gasteiger partial charge in [-0.15, -0.1) is 0 Å². The fourth-order valence-electron chi connectivity index (χ4n) is 10.00. The van der Waals surface area contributed by atoms with Crippen LogP contribution >= 0.6 is 0 Å². The third kappa shape index (κ3) is 6.09. The molecule has 6 saturated heterocycles. The van der Waals surface area contributed by atoms with Gasteiger partial charge in [-0.25, -0.2) is 17.6 Å². The lowest BCUT2D eigenvalue weighted by atomic mass is 9.91. The molecule has 0 aliphatic carbocycles. The first-order valence-electron chi connectivity index (χ1n) is 19.6. The van der Waals surface area contributed by atoms with Crippen LogP contribution < -0.4 is 9.64 Å². The summed E-state index contributed by atoms with van der Waals surface area (Å²) in [5.41, 5.74) is -1.37. The number of morpholine rings is 1. The fourth-order valence-corrected chi connectivity index (χ4v) is 10.00. The van der Waals surface area contributed by atoms with E-state index < -0.39 is 34.7 Å². The fraction of sp³-hybridized carbons (Fsp3) is 0.512. The number of nitrogens with zero attached hydrogens (tertiary/aromatic N) is 7. The second-order valence-electron chi connectivity index (χ2n) is 16.3. The number of likely N-dealkylation sites (tertiary alicyclic amines) is 1. The highest BCUT2D eigenvalue weighted by atomic mass is 19.2. The number of ether oxygens (including phenoxy) is 3. The van der Waals surface area contributed by atoms with Gasteiger partial charge in [0, 0.05) is 75.5 Å². The van der Waals surface area contributed by atoms with Crippen LogP contribution in [0.5, 0.6) is 6.01 Å². The molecule has 6 aliphatic heterocycles. The topological polar surface area (TPSA) is 96.4 Å². The molecule has 1 spiro atoms. The van der Waals surface area contributed by atoms with Crippen LogP contribution in [-0.4, -0.2) is 137 Å². The number of carbonyl (C=O) groups is 1. The van der Waals surface area contributed by atoms with Crippen molar-refractivity contribution in [3.63, 3.8) is 0 Å². The van der Waals surface area contributed by atoms with Crippen molar-refractivity contribution in [3.05, 3.63) is 66.1 Å². The summed E-state index contributed by atoms with van der Waals surface area (Å²) < 4.78 is 79.3. The molecule has 6 aliphatic rings. The molecule has 10 rings (SSSR count). The average molecular weight is 774 g/mol. The third-order valence-electron chi connectivity index (χ3n) is 12.8. The van der Waals surface area contributed by atoms with Crippen LogP contribution in [0.15, 0.2) is 48.7 Å². The minimum atomic E-state index is -1.10. The van der Waals surface area contributed by atoms with E-state index in [1.54, 1.807) is 18.2 Å². The van der Waals surface area contributed by atoms with Gasteiger partial charge in [0.15, 0.2) is 17.5 Å². The molecule has 4 atom stereocenters. The van der Waals surface area contributed by atoms with Gasteiger partial charge in [-0.3, -0.25) is 19.6 Å². The van der Waals surface area contributed by atoms with Crippen molar-refractivity contribution in [2.75, 3.05) is 77.1 Å². The number of halogens is 4. The van der Waals surface area contributed by atoms with Gasteiger partial charge in [0.05, 0.1) is 36.3 Å². The zero-order valence-corrected chi connectivity index (χ0v) is 30.9. The van der Waals surface area contributed by atoms with E-state index >= 15 is 8.78 Å². The third-order valence-corrected chi connectivity index (χ3v) is 12.8. The van der Waals surface area contributed by atoms with Crippen LogP contribution in [-0.2, 0) is 14.3 Å². The minimum absolute atomic E-state index is 0.0775. The summed E-state index contributed by atoms with van der Waals surface area (Å²) in [6.07, 6.45) is 8.79. The number of hydrogen-bond acceptors (Lipinski definition) is 10. The number of anilines is 1. The van der Waals surface area contributed by atoms with Gasteiger partial charge in [0.25, 0.3) is 0 Å². The van der Waals surface area contributed by atoms with Crippen LogP contribution in [0.1, 0.15) is 32.1 Å². The summed E-state index contributed by atoms with van der Waals surface area (Å²) in [5.74, 6) is -2.73. The highest BCUT2D eigenvalue weighted by Gasteiger charge is 2.51. The van der Waals surface area contributed by atoms with E-state index in [9.17, 15) is 13.6 Å². The normalized spacial score (nSPS) is 27.5. The molecule has 15 heteroatoms. The average Bonchev–Trinajstić information content (AvgIpc) is 3.84. The van der Waals surface area contributed by atoms with Crippen molar-refractivity contribution >= 4 is 33.4 Å². The monoisotopic (exact) mass is 773 g/mol.